The fourth-order valence-corrected chi connectivity index (χ4v) is 2.26. The van der Waals surface area contributed by atoms with Crippen molar-refractivity contribution in [1.29, 1.82) is 0 Å². The van der Waals surface area contributed by atoms with E-state index in [0.717, 1.165) is 0 Å². The monoisotopic (exact) mass is 447 g/mol. The number of amides is 4. The summed E-state index contributed by atoms with van der Waals surface area (Å²) in [5.74, 6) is -8.21. The minimum atomic E-state index is -1.76. The zero-order valence-corrected chi connectivity index (χ0v) is 16.3. The van der Waals surface area contributed by atoms with Gasteiger partial charge in [-0.1, -0.05) is 0 Å². The van der Waals surface area contributed by atoms with E-state index in [1.54, 1.807) is 0 Å². The van der Waals surface area contributed by atoms with Crippen LogP contribution in [0.4, 0.5) is 0 Å². The SMILES string of the molecule is NCC(=O)NC(CCC(=O)O)C(=O)NC(CC(=O)O)C(=O)NC(CCC(N)=O)C(=O)O. The third-order valence-corrected chi connectivity index (χ3v) is 3.79. The molecule has 0 saturated carbocycles. The van der Waals surface area contributed by atoms with E-state index in [1.165, 1.54) is 0 Å². The Morgan fingerprint density at radius 2 is 1.23 bits per heavy atom. The Hall–Kier alpha value is -3.75. The van der Waals surface area contributed by atoms with Gasteiger partial charge in [-0.25, -0.2) is 4.79 Å². The fourth-order valence-electron chi connectivity index (χ4n) is 2.26. The van der Waals surface area contributed by atoms with Gasteiger partial charge >= 0.3 is 17.9 Å². The zero-order valence-electron chi connectivity index (χ0n) is 16.3. The molecule has 0 aromatic rings. The van der Waals surface area contributed by atoms with Gasteiger partial charge in [0, 0.05) is 12.8 Å². The van der Waals surface area contributed by atoms with Gasteiger partial charge in [0.2, 0.25) is 23.6 Å². The average molecular weight is 447 g/mol. The summed E-state index contributed by atoms with van der Waals surface area (Å²) in [5, 5.41) is 33.1. The third-order valence-electron chi connectivity index (χ3n) is 3.79. The van der Waals surface area contributed by atoms with Crippen LogP contribution in [-0.4, -0.2) is 81.5 Å². The first-order valence-electron chi connectivity index (χ1n) is 8.92. The van der Waals surface area contributed by atoms with Crippen LogP contribution in [0.3, 0.4) is 0 Å². The van der Waals surface area contributed by atoms with Gasteiger partial charge < -0.3 is 42.7 Å². The van der Waals surface area contributed by atoms with E-state index in [0.29, 0.717) is 0 Å². The number of carboxylic acid groups (broad SMARTS) is 3. The summed E-state index contributed by atoms with van der Waals surface area (Å²) in [7, 11) is 0. The van der Waals surface area contributed by atoms with Crippen molar-refractivity contribution < 1.29 is 48.9 Å². The molecule has 0 spiro atoms. The van der Waals surface area contributed by atoms with Crippen molar-refractivity contribution in [2.45, 2.75) is 50.2 Å². The first-order valence-corrected chi connectivity index (χ1v) is 8.92. The summed E-state index contributed by atoms with van der Waals surface area (Å²) < 4.78 is 0. The average Bonchev–Trinajstić information content (AvgIpc) is 2.66. The molecule has 0 heterocycles. The summed E-state index contributed by atoms with van der Waals surface area (Å²) >= 11 is 0. The lowest BCUT2D eigenvalue weighted by molar-refractivity contribution is -0.143. The van der Waals surface area contributed by atoms with Gasteiger partial charge in [0.1, 0.15) is 18.1 Å². The number of hydrogen-bond acceptors (Lipinski definition) is 8. The minimum absolute atomic E-state index is 0.377. The van der Waals surface area contributed by atoms with Crippen molar-refractivity contribution in [3.63, 3.8) is 0 Å². The topological polar surface area (TPSA) is 268 Å². The van der Waals surface area contributed by atoms with Crippen molar-refractivity contribution in [2.75, 3.05) is 6.54 Å². The molecule has 31 heavy (non-hydrogen) atoms. The van der Waals surface area contributed by atoms with Gasteiger partial charge in [-0.15, -0.1) is 0 Å². The highest BCUT2D eigenvalue weighted by Gasteiger charge is 2.31. The highest BCUT2D eigenvalue weighted by molar-refractivity contribution is 5.95. The number of carbonyl (C=O) groups excluding carboxylic acids is 4. The molecule has 10 N–H and O–H groups in total. The number of aliphatic carboxylic acids is 3. The van der Waals surface area contributed by atoms with Crippen LogP contribution in [0.15, 0.2) is 0 Å². The number of carboxylic acids is 3. The third kappa shape index (κ3) is 11.7. The molecule has 0 fully saturated rings. The molecule has 15 nitrogen and oxygen atoms in total. The van der Waals surface area contributed by atoms with Crippen molar-refractivity contribution in [3.8, 4) is 0 Å². The Labute approximate surface area is 175 Å². The molecule has 0 radical (unpaired) electrons. The van der Waals surface area contributed by atoms with E-state index in [1.807, 2.05) is 10.6 Å². The van der Waals surface area contributed by atoms with Gasteiger partial charge in [-0.05, 0) is 12.8 Å². The number of hydrogen-bond donors (Lipinski definition) is 8. The molecule has 0 aliphatic heterocycles. The lowest BCUT2D eigenvalue weighted by atomic mass is 10.1. The van der Waals surface area contributed by atoms with E-state index >= 15 is 0 Å². The van der Waals surface area contributed by atoms with Crippen molar-refractivity contribution in [1.82, 2.24) is 16.0 Å². The Bertz CT molecular complexity index is 726. The van der Waals surface area contributed by atoms with Gasteiger partial charge in [-0.3, -0.25) is 28.8 Å². The maximum absolute atomic E-state index is 12.4. The molecule has 0 saturated heterocycles. The molecular weight excluding hydrogens is 422 g/mol. The Kier molecular flexibility index (Phi) is 11.8. The Balaban J connectivity index is 5.41. The number of nitrogens with one attached hydrogen (secondary N) is 3. The predicted octanol–water partition coefficient (Wildman–Crippen LogP) is -3.91. The molecule has 3 unspecified atom stereocenters. The van der Waals surface area contributed by atoms with Crippen LogP contribution in [0.5, 0.6) is 0 Å². The minimum Gasteiger partial charge on any atom is -0.481 e. The fraction of sp³-hybridized carbons (Fsp3) is 0.562. The van der Waals surface area contributed by atoms with Gasteiger partial charge in [0.25, 0.3) is 0 Å². The summed E-state index contributed by atoms with van der Waals surface area (Å²) in [4.78, 5) is 80.2. The van der Waals surface area contributed by atoms with Crippen LogP contribution < -0.4 is 27.4 Å². The molecule has 15 heteroatoms. The molecular formula is C16H25N5O10. The normalized spacial score (nSPS) is 13.2. The molecule has 0 aromatic heterocycles. The molecule has 4 amide bonds. The molecule has 0 bridgehead atoms. The number of carbonyl (C=O) groups is 7. The lowest BCUT2D eigenvalue weighted by Crippen LogP contribution is -2.56. The highest BCUT2D eigenvalue weighted by atomic mass is 16.4. The van der Waals surface area contributed by atoms with Crippen molar-refractivity contribution >= 4 is 41.5 Å². The molecule has 0 aliphatic carbocycles. The molecule has 174 valence electrons. The summed E-state index contributed by atoms with van der Waals surface area (Å²) in [5.41, 5.74) is 10.1. The van der Waals surface area contributed by atoms with Gasteiger partial charge in [-0.2, -0.15) is 0 Å². The van der Waals surface area contributed by atoms with Crippen LogP contribution >= 0.6 is 0 Å². The number of nitrogens with two attached hydrogens (primary N) is 2. The first-order chi connectivity index (χ1) is 14.4. The van der Waals surface area contributed by atoms with Crippen molar-refractivity contribution in [3.05, 3.63) is 0 Å². The zero-order chi connectivity index (χ0) is 24.1. The number of primary amides is 1. The second kappa shape index (κ2) is 13.5. The largest absolute Gasteiger partial charge is 0.481 e. The molecule has 3 atom stereocenters. The smallest absolute Gasteiger partial charge is 0.326 e. The molecule has 0 rings (SSSR count). The van der Waals surface area contributed by atoms with Crippen LogP contribution in [0.1, 0.15) is 32.1 Å². The van der Waals surface area contributed by atoms with Gasteiger partial charge in [0.05, 0.1) is 13.0 Å². The van der Waals surface area contributed by atoms with E-state index in [2.05, 4.69) is 5.32 Å². The number of rotatable bonds is 15. The maximum Gasteiger partial charge on any atom is 0.326 e. The van der Waals surface area contributed by atoms with Crippen molar-refractivity contribution in [2.24, 2.45) is 11.5 Å². The standard InChI is InChI=1S/C16H25N5O10/c17-6-11(23)19-7(2-4-12(24)25)14(28)21-9(5-13(26)27)15(29)20-8(16(30)31)1-3-10(18)22/h7-9H,1-6,17H2,(H2,18,22)(H,19,23)(H,20,29)(H,21,28)(H,24,25)(H,26,27)(H,30,31). The molecule has 0 aliphatic rings. The highest BCUT2D eigenvalue weighted by Crippen LogP contribution is 2.04. The second-order valence-corrected chi connectivity index (χ2v) is 6.32. The van der Waals surface area contributed by atoms with E-state index < -0.39 is 79.0 Å². The van der Waals surface area contributed by atoms with E-state index in [-0.39, 0.29) is 19.3 Å². The van der Waals surface area contributed by atoms with Crippen LogP contribution in [0, 0.1) is 0 Å². The maximum atomic E-state index is 12.4. The summed E-state index contributed by atoms with van der Waals surface area (Å²) in [6.45, 7) is -0.518. The van der Waals surface area contributed by atoms with E-state index in [9.17, 15) is 33.6 Å². The Morgan fingerprint density at radius 1 is 0.710 bits per heavy atom. The summed E-state index contributed by atoms with van der Waals surface area (Å²) in [6.07, 6.45) is -2.62. The van der Waals surface area contributed by atoms with Gasteiger partial charge in [0.15, 0.2) is 0 Å². The lowest BCUT2D eigenvalue weighted by Gasteiger charge is -2.23. The molecule has 0 aromatic carbocycles. The predicted molar refractivity (Wildman–Crippen MR) is 100 cm³/mol. The Morgan fingerprint density at radius 3 is 1.68 bits per heavy atom. The quantitative estimate of drug-likeness (QED) is 0.120. The first kappa shape index (κ1) is 27.2. The van der Waals surface area contributed by atoms with Crippen LogP contribution in [-0.2, 0) is 33.6 Å². The van der Waals surface area contributed by atoms with E-state index in [4.69, 9.17) is 26.8 Å². The van der Waals surface area contributed by atoms with Crippen LogP contribution in [0.2, 0.25) is 0 Å². The second-order valence-electron chi connectivity index (χ2n) is 6.32. The summed E-state index contributed by atoms with van der Waals surface area (Å²) in [6, 6.07) is -4.79. The van der Waals surface area contributed by atoms with Crippen LogP contribution in [0.25, 0.3) is 0 Å².